The average Bonchev–Trinajstić information content (AvgIpc) is 2.78. The Kier molecular flexibility index (Phi) is 0.984. The largest absolute Gasteiger partial charge is 0.0616 e. The van der Waals surface area contributed by atoms with E-state index in [2.05, 4.69) is 43.3 Å². The van der Waals surface area contributed by atoms with Crippen molar-refractivity contribution in [3.8, 4) is 0 Å². The first kappa shape index (κ1) is 6.24. The molecule has 0 N–H and O–H groups in total. The van der Waals surface area contributed by atoms with E-state index in [9.17, 15) is 0 Å². The van der Waals surface area contributed by atoms with Crippen LogP contribution in [0.2, 0.25) is 0 Å². The molecule has 58 valence electrons. The molecule has 0 spiro atoms. The molecule has 12 heavy (non-hydrogen) atoms. The summed E-state index contributed by atoms with van der Waals surface area (Å²) in [5, 5.41) is 2.82. The molecule has 0 saturated carbocycles. The van der Waals surface area contributed by atoms with Gasteiger partial charge in [0.1, 0.15) is 0 Å². The summed E-state index contributed by atoms with van der Waals surface area (Å²) in [7, 11) is 0. The van der Waals surface area contributed by atoms with Gasteiger partial charge < -0.3 is 0 Å². The molecule has 0 aromatic heterocycles. The van der Waals surface area contributed by atoms with Gasteiger partial charge in [0, 0.05) is 5.92 Å². The van der Waals surface area contributed by atoms with Crippen LogP contribution in [0.15, 0.2) is 36.4 Å². The van der Waals surface area contributed by atoms with Crippen LogP contribution in [-0.4, -0.2) is 0 Å². The first-order valence-electron chi connectivity index (χ1n) is 4.39. The predicted molar refractivity (Wildman–Crippen MR) is 51.5 cm³/mol. The molecule has 1 aliphatic rings. The molecule has 3 rings (SSSR count). The van der Waals surface area contributed by atoms with Crippen molar-refractivity contribution in [3.63, 3.8) is 0 Å². The lowest BCUT2D eigenvalue weighted by Gasteiger charge is -1.92. The van der Waals surface area contributed by atoms with Gasteiger partial charge in [0.25, 0.3) is 0 Å². The maximum absolute atomic E-state index is 2.27. The van der Waals surface area contributed by atoms with E-state index in [1.54, 1.807) is 5.56 Å². The Bertz CT molecular complexity index is 455. The van der Waals surface area contributed by atoms with Crippen molar-refractivity contribution >= 4 is 10.8 Å². The van der Waals surface area contributed by atoms with Crippen LogP contribution < -0.4 is 0 Å². The third kappa shape index (κ3) is 0.626. The summed E-state index contributed by atoms with van der Waals surface area (Å²) < 4.78 is 0. The number of hydrogen-bond acceptors (Lipinski definition) is 0. The van der Waals surface area contributed by atoms with Crippen molar-refractivity contribution in [1.82, 2.24) is 0 Å². The van der Waals surface area contributed by atoms with E-state index in [0.717, 1.165) is 0 Å². The molecule has 0 saturated heterocycles. The summed E-state index contributed by atoms with van der Waals surface area (Å²) >= 11 is 0. The van der Waals surface area contributed by atoms with Crippen LogP contribution in [-0.2, 0) is 0 Å². The van der Waals surface area contributed by atoms with Gasteiger partial charge in [-0.2, -0.15) is 0 Å². The van der Waals surface area contributed by atoms with Crippen molar-refractivity contribution in [2.45, 2.75) is 12.8 Å². The molecule has 0 amide bonds. The highest BCUT2D eigenvalue weighted by atomic mass is 14.3. The minimum atomic E-state index is 0.713. The fraction of sp³-hybridized carbons (Fsp3) is 0.167. The third-order valence-electron chi connectivity index (χ3n) is 2.82. The molecule has 0 fully saturated rings. The van der Waals surface area contributed by atoms with Crippen molar-refractivity contribution in [2.75, 3.05) is 0 Å². The Hall–Kier alpha value is -1.30. The molecule has 0 nitrogen and oxygen atoms in total. The van der Waals surface area contributed by atoms with Gasteiger partial charge in [-0.25, -0.2) is 0 Å². The first-order valence-corrected chi connectivity index (χ1v) is 4.39. The Balaban J connectivity index is 2.47. The van der Waals surface area contributed by atoms with Crippen LogP contribution >= 0.6 is 0 Å². The summed E-state index contributed by atoms with van der Waals surface area (Å²) in [6, 6.07) is 13.1. The lowest BCUT2D eigenvalue weighted by Crippen LogP contribution is -1.68. The maximum Gasteiger partial charge on any atom is 0.00732 e. The molecule has 0 bridgehead atoms. The van der Waals surface area contributed by atoms with Crippen LogP contribution in [0, 0.1) is 0 Å². The van der Waals surface area contributed by atoms with Crippen LogP contribution in [0.5, 0.6) is 0 Å². The minimum absolute atomic E-state index is 0.713. The zero-order valence-corrected chi connectivity index (χ0v) is 7.04. The van der Waals surface area contributed by atoms with Crippen molar-refractivity contribution in [3.05, 3.63) is 47.5 Å². The van der Waals surface area contributed by atoms with E-state index in [1.807, 2.05) is 0 Å². The normalized spacial score (nSPS) is 19.2. The molecular formula is C12H10. The van der Waals surface area contributed by atoms with Gasteiger partial charge in [-0.3, -0.25) is 0 Å². The smallest absolute Gasteiger partial charge is 0.00732 e. The quantitative estimate of drug-likeness (QED) is 0.546. The highest BCUT2D eigenvalue weighted by molar-refractivity contribution is 5.91. The van der Waals surface area contributed by atoms with E-state index >= 15 is 0 Å². The predicted octanol–water partition coefficient (Wildman–Crippen LogP) is 3.31. The summed E-state index contributed by atoms with van der Waals surface area (Å²) in [4.78, 5) is 0. The highest BCUT2D eigenvalue weighted by Crippen LogP contribution is 2.46. The van der Waals surface area contributed by atoms with Gasteiger partial charge in [0.05, 0.1) is 0 Å². The number of hydrogen-bond donors (Lipinski definition) is 0. The zero-order valence-electron chi connectivity index (χ0n) is 7.04. The van der Waals surface area contributed by atoms with Crippen LogP contribution in [0.3, 0.4) is 0 Å². The molecule has 0 radical (unpaired) electrons. The Labute approximate surface area is 71.8 Å². The van der Waals surface area contributed by atoms with Crippen molar-refractivity contribution < 1.29 is 0 Å². The van der Waals surface area contributed by atoms with Gasteiger partial charge in [-0.15, -0.1) is 0 Å². The molecule has 2 aromatic rings. The molecule has 1 aliphatic carbocycles. The molecule has 0 aliphatic heterocycles. The Morgan fingerprint density at radius 3 is 2.75 bits per heavy atom. The van der Waals surface area contributed by atoms with E-state index < -0.39 is 0 Å². The standard InChI is InChI=1S/C12H10/c1-8-10-7-6-9-4-2-3-5-11(9)12(8)10/h2-8H,1H3. The Morgan fingerprint density at radius 2 is 1.83 bits per heavy atom. The maximum atomic E-state index is 2.27. The monoisotopic (exact) mass is 154 g/mol. The second-order valence-corrected chi connectivity index (χ2v) is 3.51. The van der Waals surface area contributed by atoms with Crippen LogP contribution in [0.1, 0.15) is 24.0 Å². The molecule has 1 unspecified atom stereocenters. The lowest BCUT2D eigenvalue weighted by molar-refractivity contribution is 1.15. The fourth-order valence-electron chi connectivity index (χ4n) is 2.05. The molecule has 2 aromatic carbocycles. The number of fused-ring (bicyclic) bond motifs is 3. The Morgan fingerprint density at radius 1 is 1.00 bits per heavy atom. The minimum Gasteiger partial charge on any atom is -0.0616 e. The molecular weight excluding hydrogens is 144 g/mol. The number of rotatable bonds is 0. The second kappa shape index (κ2) is 1.89. The van der Waals surface area contributed by atoms with E-state index in [0.29, 0.717) is 5.92 Å². The lowest BCUT2D eigenvalue weighted by atomic mass is 10.1. The van der Waals surface area contributed by atoms with E-state index in [-0.39, 0.29) is 0 Å². The fourth-order valence-corrected chi connectivity index (χ4v) is 2.05. The first-order chi connectivity index (χ1) is 5.88. The third-order valence-corrected chi connectivity index (χ3v) is 2.82. The summed E-state index contributed by atoms with van der Waals surface area (Å²) in [6.45, 7) is 2.27. The topological polar surface area (TPSA) is 0 Å². The molecule has 0 heterocycles. The van der Waals surface area contributed by atoms with Gasteiger partial charge in [-0.05, 0) is 21.9 Å². The van der Waals surface area contributed by atoms with E-state index in [1.165, 1.54) is 16.3 Å². The van der Waals surface area contributed by atoms with Gasteiger partial charge in [0.15, 0.2) is 0 Å². The van der Waals surface area contributed by atoms with Crippen molar-refractivity contribution in [1.29, 1.82) is 0 Å². The van der Waals surface area contributed by atoms with Gasteiger partial charge in [-0.1, -0.05) is 43.3 Å². The molecule has 0 heteroatoms. The van der Waals surface area contributed by atoms with E-state index in [4.69, 9.17) is 0 Å². The highest BCUT2D eigenvalue weighted by Gasteiger charge is 2.29. The summed E-state index contributed by atoms with van der Waals surface area (Å²) in [5.41, 5.74) is 3.10. The van der Waals surface area contributed by atoms with Crippen LogP contribution in [0.4, 0.5) is 0 Å². The number of benzene rings is 2. The summed E-state index contributed by atoms with van der Waals surface area (Å²) in [5.74, 6) is 0.713. The summed E-state index contributed by atoms with van der Waals surface area (Å²) in [6.07, 6.45) is 0. The average molecular weight is 154 g/mol. The SMILES string of the molecule is CC1c2ccc3ccccc3c21. The van der Waals surface area contributed by atoms with Gasteiger partial charge in [0.2, 0.25) is 0 Å². The second-order valence-electron chi connectivity index (χ2n) is 3.51. The van der Waals surface area contributed by atoms with Crippen LogP contribution in [0.25, 0.3) is 10.8 Å². The van der Waals surface area contributed by atoms with Gasteiger partial charge >= 0.3 is 0 Å². The zero-order chi connectivity index (χ0) is 8.13. The molecule has 1 atom stereocenters. The van der Waals surface area contributed by atoms with Crippen molar-refractivity contribution in [2.24, 2.45) is 0 Å².